The lowest BCUT2D eigenvalue weighted by Crippen LogP contribution is -2.06. The van der Waals surface area contributed by atoms with Crippen molar-refractivity contribution in [2.24, 2.45) is 0 Å². The van der Waals surface area contributed by atoms with Crippen molar-refractivity contribution >= 4 is 28.2 Å². The number of anilines is 1. The summed E-state index contributed by atoms with van der Waals surface area (Å²) in [6, 6.07) is 8.05. The summed E-state index contributed by atoms with van der Waals surface area (Å²) in [6.45, 7) is 1.40. The van der Waals surface area contributed by atoms with Gasteiger partial charge in [0.15, 0.2) is 4.34 Å². The van der Waals surface area contributed by atoms with Crippen molar-refractivity contribution in [1.29, 1.82) is 0 Å². The minimum atomic E-state index is 0.659. The fraction of sp³-hybridized carbons (Fsp3) is 0.385. The van der Waals surface area contributed by atoms with Crippen LogP contribution in [0, 0.1) is 0 Å². The second kappa shape index (κ2) is 8.08. The third-order valence-corrected chi connectivity index (χ3v) is 4.57. The number of ether oxygens (including phenoxy) is 2. The molecular weight excluding hydrogens is 294 g/mol. The van der Waals surface area contributed by atoms with Crippen LogP contribution in [0.4, 0.5) is 5.13 Å². The summed E-state index contributed by atoms with van der Waals surface area (Å²) in [5.74, 6) is 1.73. The molecule has 20 heavy (non-hydrogen) atoms. The van der Waals surface area contributed by atoms with E-state index in [9.17, 15) is 0 Å². The summed E-state index contributed by atoms with van der Waals surface area (Å²) in [7, 11) is 3.35. The average Bonchev–Trinajstić information content (AvgIpc) is 2.94. The van der Waals surface area contributed by atoms with Crippen LogP contribution in [0.15, 0.2) is 28.6 Å². The maximum atomic E-state index is 5.21. The zero-order valence-electron chi connectivity index (χ0n) is 11.5. The van der Waals surface area contributed by atoms with Crippen LogP contribution in [0.1, 0.15) is 5.56 Å². The molecular formula is C13H17N3O2S2. The zero-order chi connectivity index (χ0) is 14.2. The van der Waals surface area contributed by atoms with E-state index < -0.39 is 0 Å². The molecule has 0 spiro atoms. The summed E-state index contributed by atoms with van der Waals surface area (Å²) in [5.41, 5.74) is 1.21. The Balaban J connectivity index is 1.84. The molecule has 5 nitrogen and oxygen atoms in total. The fourth-order valence-electron chi connectivity index (χ4n) is 1.51. The molecule has 2 aromatic rings. The average molecular weight is 311 g/mol. The molecule has 0 aliphatic rings. The normalized spacial score (nSPS) is 10.5. The van der Waals surface area contributed by atoms with Gasteiger partial charge >= 0.3 is 0 Å². The summed E-state index contributed by atoms with van der Waals surface area (Å²) in [6.07, 6.45) is 0. The Bertz CT molecular complexity index is 534. The first-order valence-corrected chi connectivity index (χ1v) is 7.94. The number of aromatic nitrogens is 2. The van der Waals surface area contributed by atoms with Crippen LogP contribution in [0.25, 0.3) is 0 Å². The quantitative estimate of drug-likeness (QED) is 0.597. The van der Waals surface area contributed by atoms with Gasteiger partial charge < -0.3 is 14.8 Å². The molecule has 0 aliphatic heterocycles. The van der Waals surface area contributed by atoms with Crippen LogP contribution in [-0.2, 0) is 10.5 Å². The molecule has 0 fully saturated rings. The van der Waals surface area contributed by atoms with Crippen LogP contribution < -0.4 is 10.1 Å². The van der Waals surface area contributed by atoms with Gasteiger partial charge in [-0.3, -0.25) is 0 Å². The van der Waals surface area contributed by atoms with Crippen molar-refractivity contribution < 1.29 is 9.47 Å². The van der Waals surface area contributed by atoms with Gasteiger partial charge in [0.05, 0.1) is 13.7 Å². The van der Waals surface area contributed by atoms with Crippen LogP contribution >= 0.6 is 23.1 Å². The molecule has 0 atom stereocenters. The van der Waals surface area contributed by atoms with Gasteiger partial charge in [0.2, 0.25) is 5.13 Å². The van der Waals surface area contributed by atoms with E-state index in [2.05, 4.69) is 21.6 Å². The molecule has 108 valence electrons. The van der Waals surface area contributed by atoms with Gasteiger partial charge in [0.1, 0.15) is 5.75 Å². The monoisotopic (exact) mass is 311 g/mol. The van der Waals surface area contributed by atoms with Gasteiger partial charge in [-0.2, -0.15) is 0 Å². The van der Waals surface area contributed by atoms with E-state index in [0.717, 1.165) is 27.5 Å². The summed E-state index contributed by atoms with van der Waals surface area (Å²) in [4.78, 5) is 0. The van der Waals surface area contributed by atoms with Gasteiger partial charge in [-0.15, -0.1) is 10.2 Å². The number of rotatable bonds is 8. The number of nitrogens with zero attached hydrogens (tertiary/aromatic N) is 2. The maximum Gasteiger partial charge on any atom is 0.206 e. The molecule has 0 saturated carbocycles. The van der Waals surface area contributed by atoms with E-state index in [0.29, 0.717) is 6.61 Å². The van der Waals surface area contributed by atoms with Gasteiger partial charge in [-0.05, 0) is 17.7 Å². The minimum Gasteiger partial charge on any atom is -0.497 e. The van der Waals surface area contributed by atoms with Crippen molar-refractivity contribution in [2.75, 3.05) is 32.7 Å². The van der Waals surface area contributed by atoms with Gasteiger partial charge in [0, 0.05) is 19.4 Å². The maximum absolute atomic E-state index is 5.21. The third kappa shape index (κ3) is 4.66. The first-order valence-electron chi connectivity index (χ1n) is 6.14. The Hall–Kier alpha value is -1.31. The van der Waals surface area contributed by atoms with Crippen LogP contribution in [0.5, 0.6) is 5.75 Å². The summed E-state index contributed by atoms with van der Waals surface area (Å²) >= 11 is 3.23. The van der Waals surface area contributed by atoms with Crippen LogP contribution in [-0.4, -0.2) is 37.6 Å². The number of thioether (sulfide) groups is 1. The number of benzene rings is 1. The fourth-order valence-corrected chi connectivity index (χ4v) is 3.23. The lowest BCUT2D eigenvalue weighted by Gasteiger charge is -2.02. The number of methoxy groups -OCH3 is 2. The van der Waals surface area contributed by atoms with Crippen molar-refractivity contribution in [3.8, 4) is 5.75 Å². The Morgan fingerprint density at radius 3 is 3.00 bits per heavy atom. The first-order chi connectivity index (χ1) is 9.81. The number of hydrogen-bond donors (Lipinski definition) is 1. The zero-order valence-corrected chi connectivity index (χ0v) is 13.1. The molecule has 2 rings (SSSR count). The highest BCUT2D eigenvalue weighted by molar-refractivity contribution is 8.00. The third-order valence-electron chi connectivity index (χ3n) is 2.49. The molecule has 0 radical (unpaired) electrons. The topological polar surface area (TPSA) is 56.3 Å². The van der Waals surface area contributed by atoms with Crippen molar-refractivity contribution in [1.82, 2.24) is 10.2 Å². The highest BCUT2D eigenvalue weighted by atomic mass is 32.2. The molecule has 1 aromatic carbocycles. The Labute approximate surface area is 126 Å². The van der Waals surface area contributed by atoms with Crippen LogP contribution in [0.2, 0.25) is 0 Å². The number of nitrogens with one attached hydrogen (secondary N) is 1. The van der Waals surface area contributed by atoms with Gasteiger partial charge in [-0.25, -0.2) is 0 Å². The van der Waals surface area contributed by atoms with Crippen molar-refractivity contribution in [3.63, 3.8) is 0 Å². The lowest BCUT2D eigenvalue weighted by molar-refractivity contribution is 0.211. The largest absolute Gasteiger partial charge is 0.497 e. The Morgan fingerprint density at radius 2 is 2.20 bits per heavy atom. The SMILES string of the molecule is COCCNc1nnc(SCc2cccc(OC)c2)s1. The van der Waals surface area contributed by atoms with E-state index in [1.54, 1.807) is 37.3 Å². The minimum absolute atomic E-state index is 0.659. The molecule has 1 aromatic heterocycles. The Kier molecular flexibility index (Phi) is 6.10. The number of hydrogen-bond acceptors (Lipinski definition) is 7. The molecule has 0 unspecified atom stereocenters. The smallest absolute Gasteiger partial charge is 0.206 e. The Morgan fingerprint density at radius 1 is 1.30 bits per heavy atom. The van der Waals surface area contributed by atoms with E-state index in [1.165, 1.54) is 5.56 Å². The molecule has 0 saturated heterocycles. The molecule has 0 bridgehead atoms. The molecule has 1 N–H and O–H groups in total. The van der Waals surface area contributed by atoms with E-state index in [1.807, 2.05) is 18.2 Å². The van der Waals surface area contributed by atoms with E-state index >= 15 is 0 Å². The summed E-state index contributed by atoms with van der Waals surface area (Å²) < 4.78 is 11.1. The highest BCUT2D eigenvalue weighted by Crippen LogP contribution is 2.28. The lowest BCUT2D eigenvalue weighted by atomic mass is 10.2. The predicted octanol–water partition coefficient (Wildman–Crippen LogP) is 2.90. The standard InChI is InChI=1S/C13H17N3O2S2/c1-17-7-6-14-12-15-16-13(20-12)19-9-10-4-3-5-11(8-10)18-2/h3-5,8H,6-7,9H2,1-2H3,(H,14,15). The predicted molar refractivity (Wildman–Crippen MR) is 82.8 cm³/mol. The van der Waals surface area contributed by atoms with Gasteiger partial charge in [-0.1, -0.05) is 35.2 Å². The molecule has 1 heterocycles. The van der Waals surface area contributed by atoms with Gasteiger partial charge in [0.25, 0.3) is 0 Å². The van der Waals surface area contributed by atoms with E-state index in [4.69, 9.17) is 9.47 Å². The van der Waals surface area contributed by atoms with Crippen LogP contribution in [0.3, 0.4) is 0 Å². The summed E-state index contributed by atoms with van der Waals surface area (Å²) in [5, 5.41) is 12.2. The molecule has 7 heteroatoms. The second-order valence-electron chi connectivity index (χ2n) is 3.93. The second-order valence-corrected chi connectivity index (χ2v) is 6.13. The van der Waals surface area contributed by atoms with E-state index in [-0.39, 0.29) is 0 Å². The molecule has 0 aliphatic carbocycles. The first kappa shape index (κ1) is 15.1. The van der Waals surface area contributed by atoms with Crippen molar-refractivity contribution in [2.45, 2.75) is 10.1 Å². The molecule has 0 amide bonds. The highest BCUT2D eigenvalue weighted by Gasteiger charge is 2.05. The van der Waals surface area contributed by atoms with Crippen molar-refractivity contribution in [3.05, 3.63) is 29.8 Å².